The molecule has 1 aliphatic rings. The van der Waals surface area contributed by atoms with Crippen molar-refractivity contribution in [2.45, 2.75) is 39.4 Å². The molecular formula is C13H21NO8S3. The van der Waals surface area contributed by atoms with Crippen LogP contribution in [0.3, 0.4) is 0 Å². The summed E-state index contributed by atoms with van der Waals surface area (Å²) in [4.78, 5) is 0. The topological polar surface area (TPSA) is 131 Å². The van der Waals surface area contributed by atoms with Gasteiger partial charge in [0.2, 0.25) is 10.0 Å². The van der Waals surface area contributed by atoms with E-state index in [-0.39, 0.29) is 33.8 Å². The number of rotatable bonds is 8. The molecule has 0 aromatic carbocycles. The van der Waals surface area contributed by atoms with Crippen LogP contribution in [0.2, 0.25) is 0 Å². The lowest BCUT2D eigenvalue weighted by Gasteiger charge is -2.29. The first-order chi connectivity index (χ1) is 11.6. The molecule has 1 aliphatic heterocycles. The number of methoxy groups -OCH3 is 2. The summed E-state index contributed by atoms with van der Waals surface area (Å²) in [5.41, 5.74) is 0.273. The maximum atomic E-state index is 12.7. The second-order valence-electron chi connectivity index (χ2n) is 5.45. The Morgan fingerprint density at radius 1 is 1.40 bits per heavy atom. The van der Waals surface area contributed by atoms with Gasteiger partial charge in [0, 0.05) is 19.8 Å². The van der Waals surface area contributed by atoms with Gasteiger partial charge < -0.3 is 18.9 Å². The minimum absolute atomic E-state index is 0.0282. The maximum Gasteiger partial charge on any atom is 0.247 e. The molecule has 1 aromatic rings. The molecule has 0 amide bonds. The first-order valence-electron chi connectivity index (χ1n) is 7.26. The van der Waals surface area contributed by atoms with Gasteiger partial charge in [-0.2, -0.15) is 0 Å². The van der Waals surface area contributed by atoms with Crippen LogP contribution in [0.25, 0.3) is 0 Å². The highest BCUT2D eigenvalue weighted by atomic mass is 32.3. The molecule has 0 saturated carbocycles. The van der Waals surface area contributed by atoms with E-state index in [1.807, 2.05) is 0 Å². The Bertz CT molecular complexity index is 801. The second kappa shape index (κ2) is 7.96. The average molecular weight is 416 g/mol. The zero-order valence-electron chi connectivity index (χ0n) is 14.0. The minimum atomic E-state index is -4.02. The third-order valence-electron chi connectivity index (χ3n) is 3.76. The summed E-state index contributed by atoms with van der Waals surface area (Å²) >= 11 is 0.625. The molecule has 0 bridgehead atoms. The molecule has 0 fully saturated rings. The normalized spacial score (nSPS) is 24.0. The van der Waals surface area contributed by atoms with Crippen LogP contribution in [0.15, 0.2) is 14.5 Å². The summed E-state index contributed by atoms with van der Waals surface area (Å²) in [7, 11) is -4.89. The number of fused-ring (bicyclic) bond motifs is 1. The Morgan fingerprint density at radius 3 is 2.64 bits per heavy atom. The predicted octanol–water partition coefficient (Wildman–Crippen LogP) is 0.612. The van der Waals surface area contributed by atoms with Crippen molar-refractivity contribution in [2.24, 2.45) is 5.14 Å². The van der Waals surface area contributed by atoms with Crippen molar-refractivity contribution < 1.29 is 35.8 Å². The van der Waals surface area contributed by atoms with Crippen LogP contribution in [0, 0.1) is 0 Å². The van der Waals surface area contributed by atoms with Gasteiger partial charge in [-0.25, -0.2) is 22.0 Å². The van der Waals surface area contributed by atoms with Crippen LogP contribution in [0.5, 0.6) is 0 Å². The van der Waals surface area contributed by atoms with Gasteiger partial charge in [-0.3, -0.25) is 0 Å². The van der Waals surface area contributed by atoms with Crippen molar-refractivity contribution in [3.63, 3.8) is 0 Å². The second-order valence-corrected chi connectivity index (χ2v) is 10.7. The Labute approximate surface area is 151 Å². The zero-order chi connectivity index (χ0) is 18.8. The van der Waals surface area contributed by atoms with Crippen molar-refractivity contribution in [1.29, 1.82) is 0 Å². The summed E-state index contributed by atoms with van der Waals surface area (Å²) < 4.78 is 69.1. The van der Waals surface area contributed by atoms with Crippen molar-refractivity contribution >= 4 is 31.2 Å². The van der Waals surface area contributed by atoms with Crippen LogP contribution in [0.4, 0.5) is 0 Å². The number of hydrogen-bond donors (Lipinski definition) is 1. The van der Waals surface area contributed by atoms with Crippen LogP contribution in [0.1, 0.15) is 25.0 Å². The Hall–Kier alpha value is -0.600. The molecule has 1 aromatic heterocycles. The largest absolute Gasteiger partial charge is 0.383 e. The SMILES string of the molecule is COCC1CC(OCOC(C)OC)c2cc(S(N)(=O)=O)sc2S1(=O)=O. The standard InChI is InChI=1S/C13H21NO8S3/c1-8(20-3)21-7-22-11-4-9(6-19-2)24(15,16)13-10(11)5-12(23-13)25(14,17)18/h5,8-9,11H,4,6-7H2,1-3H3,(H2,14,17,18). The van der Waals surface area contributed by atoms with E-state index in [0.717, 1.165) is 0 Å². The molecule has 9 nitrogen and oxygen atoms in total. The van der Waals surface area contributed by atoms with Gasteiger partial charge >= 0.3 is 0 Å². The highest BCUT2D eigenvalue weighted by Crippen LogP contribution is 2.44. The van der Waals surface area contributed by atoms with Crippen molar-refractivity contribution in [3.05, 3.63) is 11.6 Å². The number of hydrogen-bond acceptors (Lipinski definition) is 9. The van der Waals surface area contributed by atoms with Crippen LogP contribution < -0.4 is 5.14 Å². The maximum absolute atomic E-state index is 12.7. The summed E-state index contributed by atoms with van der Waals surface area (Å²) in [6, 6.07) is 1.25. The molecule has 144 valence electrons. The fourth-order valence-corrected chi connectivity index (χ4v) is 6.93. The summed E-state index contributed by atoms with van der Waals surface area (Å²) in [6.07, 6.45) is -1.03. The van der Waals surface area contributed by atoms with Gasteiger partial charge in [0.05, 0.1) is 18.0 Å². The fourth-order valence-electron chi connectivity index (χ4n) is 2.38. The van der Waals surface area contributed by atoms with E-state index in [0.29, 0.717) is 11.3 Å². The first-order valence-corrected chi connectivity index (χ1v) is 11.2. The Balaban J connectivity index is 2.37. The lowest BCUT2D eigenvalue weighted by molar-refractivity contribution is -0.190. The van der Waals surface area contributed by atoms with Gasteiger partial charge in [-0.1, -0.05) is 0 Å². The molecule has 0 saturated heterocycles. The van der Waals surface area contributed by atoms with Crippen LogP contribution >= 0.6 is 11.3 Å². The van der Waals surface area contributed by atoms with Gasteiger partial charge in [-0.05, 0) is 19.4 Å². The lowest BCUT2D eigenvalue weighted by Crippen LogP contribution is -2.33. The summed E-state index contributed by atoms with van der Waals surface area (Å²) in [5, 5.41) is 4.29. The van der Waals surface area contributed by atoms with Gasteiger partial charge in [0.25, 0.3) is 0 Å². The number of ether oxygens (including phenoxy) is 4. The van der Waals surface area contributed by atoms with Gasteiger partial charge in [0.15, 0.2) is 22.9 Å². The smallest absolute Gasteiger partial charge is 0.247 e. The number of sulfone groups is 1. The third-order valence-corrected chi connectivity index (χ3v) is 9.03. The molecule has 0 radical (unpaired) electrons. The highest BCUT2D eigenvalue weighted by molar-refractivity contribution is 7.95. The molecule has 2 heterocycles. The van der Waals surface area contributed by atoms with E-state index in [9.17, 15) is 16.8 Å². The van der Waals surface area contributed by atoms with Gasteiger partial charge in [-0.15, -0.1) is 11.3 Å². The first kappa shape index (κ1) is 20.7. The number of nitrogens with two attached hydrogens (primary N) is 1. The number of primary sulfonamides is 1. The third kappa shape index (κ3) is 4.57. The summed E-state index contributed by atoms with van der Waals surface area (Å²) in [5.74, 6) is 0. The highest BCUT2D eigenvalue weighted by Gasteiger charge is 2.42. The van der Waals surface area contributed by atoms with Gasteiger partial charge in [0.1, 0.15) is 8.42 Å². The molecule has 2 N–H and O–H groups in total. The quantitative estimate of drug-likeness (QED) is 0.611. The number of thiophene rings is 1. The average Bonchev–Trinajstić information content (AvgIpc) is 2.98. The molecule has 0 aliphatic carbocycles. The number of sulfonamides is 1. The predicted molar refractivity (Wildman–Crippen MR) is 89.4 cm³/mol. The molecule has 2 rings (SSSR count). The lowest BCUT2D eigenvalue weighted by atomic mass is 10.1. The summed E-state index contributed by atoms with van der Waals surface area (Å²) in [6.45, 7) is 1.51. The van der Waals surface area contributed by atoms with E-state index >= 15 is 0 Å². The fraction of sp³-hybridized carbons (Fsp3) is 0.692. The Kier molecular flexibility index (Phi) is 6.60. The van der Waals surface area contributed by atoms with E-state index in [2.05, 4.69) is 0 Å². The van der Waals surface area contributed by atoms with Crippen molar-refractivity contribution in [3.8, 4) is 0 Å². The Morgan fingerprint density at radius 2 is 2.08 bits per heavy atom. The molecule has 3 atom stereocenters. The van der Waals surface area contributed by atoms with E-state index < -0.39 is 37.5 Å². The van der Waals surface area contributed by atoms with Crippen molar-refractivity contribution in [1.82, 2.24) is 0 Å². The van der Waals surface area contributed by atoms with E-state index in [1.54, 1.807) is 6.92 Å². The molecule has 3 unspecified atom stereocenters. The molecular weight excluding hydrogens is 394 g/mol. The van der Waals surface area contributed by atoms with Crippen molar-refractivity contribution in [2.75, 3.05) is 27.6 Å². The zero-order valence-corrected chi connectivity index (χ0v) is 16.4. The molecule has 25 heavy (non-hydrogen) atoms. The van der Waals surface area contributed by atoms with E-state index in [4.69, 9.17) is 24.1 Å². The minimum Gasteiger partial charge on any atom is -0.383 e. The van der Waals surface area contributed by atoms with E-state index in [1.165, 1.54) is 20.3 Å². The van der Waals surface area contributed by atoms with Crippen LogP contribution in [-0.4, -0.2) is 56.0 Å². The molecule has 0 spiro atoms. The monoisotopic (exact) mass is 415 g/mol. The molecule has 12 heteroatoms. The van der Waals surface area contributed by atoms with Crippen LogP contribution in [-0.2, 0) is 38.8 Å².